The fourth-order valence-electron chi connectivity index (χ4n) is 3.55. The number of nitriles is 1. The molecule has 2 aliphatic rings. The van der Waals surface area contributed by atoms with Crippen LogP contribution in [0, 0.1) is 11.3 Å². The number of esters is 1. The summed E-state index contributed by atoms with van der Waals surface area (Å²) < 4.78 is 5.23. The van der Waals surface area contributed by atoms with E-state index in [9.17, 15) is 14.9 Å². The summed E-state index contributed by atoms with van der Waals surface area (Å²) in [6.07, 6.45) is 0. The van der Waals surface area contributed by atoms with Crippen LogP contribution in [0.1, 0.15) is 28.8 Å². The maximum absolute atomic E-state index is 13.2. The zero-order valence-electron chi connectivity index (χ0n) is 15.6. The number of carbonyl (C=O) groups excluding carboxylic acids is 2. The van der Waals surface area contributed by atoms with Crippen LogP contribution in [0.15, 0.2) is 81.5 Å². The molecule has 1 amide bonds. The summed E-state index contributed by atoms with van der Waals surface area (Å²) in [5, 5.41) is 10.5. The highest BCUT2D eigenvalue weighted by Gasteiger charge is 2.44. The lowest BCUT2D eigenvalue weighted by atomic mass is 9.83. The van der Waals surface area contributed by atoms with Gasteiger partial charge in [0.05, 0.1) is 35.3 Å². The lowest BCUT2D eigenvalue weighted by Crippen LogP contribution is -2.42. The fourth-order valence-corrected chi connectivity index (χ4v) is 4.71. The number of allylic oxidation sites excluding steroid dienone is 1. The van der Waals surface area contributed by atoms with Gasteiger partial charge in [0.2, 0.25) is 0 Å². The number of nitrogens with zero attached hydrogens (tertiary/aromatic N) is 2. The SMILES string of the molecule is CCOC(=O)C1=C(N)N2C(=O)c3ccccc3SC2=C(C#N)C1c1ccccc1. The van der Waals surface area contributed by atoms with Gasteiger partial charge < -0.3 is 10.5 Å². The highest BCUT2D eigenvalue weighted by molar-refractivity contribution is 8.03. The third-order valence-corrected chi connectivity index (χ3v) is 5.98. The summed E-state index contributed by atoms with van der Waals surface area (Å²) in [6, 6.07) is 18.5. The number of amides is 1. The maximum Gasteiger partial charge on any atom is 0.338 e. The summed E-state index contributed by atoms with van der Waals surface area (Å²) in [5.41, 5.74) is 7.99. The Bertz CT molecular complexity index is 1120. The molecule has 4 rings (SSSR count). The first-order valence-corrected chi connectivity index (χ1v) is 9.87. The van der Waals surface area contributed by atoms with E-state index < -0.39 is 11.9 Å². The zero-order valence-corrected chi connectivity index (χ0v) is 16.4. The van der Waals surface area contributed by atoms with Crippen molar-refractivity contribution in [3.63, 3.8) is 0 Å². The van der Waals surface area contributed by atoms with Gasteiger partial charge in [-0.2, -0.15) is 5.26 Å². The van der Waals surface area contributed by atoms with Crippen molar-refractivity contribution in [2.24, 2.45) is 5.73 Å². The van der Waals surface area contributed by atoms with E-state index in [0.29, 0.717) is 16.2 Å². The molecule has 0 spiro atoms. The monoisotopic (exact) mass is 403 g/mol. The minimum absolute atomic E-state index is 0.00157. The van der Waals surface area contributed by atoms with Crippen molar-refractivity contribution in [3.8, 4) is 6.07 Å². The first-order chi connectivity index (χ1) is 14.1. The Hall–Kier alpha value is -3.50. The predicted octanol–water partition coefficient (Wildman–Crippen LogP) is 3.50. The highest BCUT2D eigenvalue weighted by atomic mass is 32.2. The molecule has 144 valence electrons. The number of fused-ring (bicyclic) bond motifs is 2. The second-order valence-electron chi connectivity index (χ2n) is 6.43. The summed E-state index contributed by atoms with van der Waals surface area (Å²) >= 11 is 1.30. The predicted molar refractivity (Wildman–Crippen MR) is 108 cm³/mol. The number of thioether (sulfide) groups is 1. The van der Waals surface area contributed by atoms with Crippen molar-refractivity contribution in [3.05, 3.63) is 87.7 Å². The molecule has 0 aliphatic carbocycles. The van der Waals surface area contributed by atoms with Crippen LogP contribution in [-0.4, -0.2) is 23.4 Å². The quantitative estimate of drug-likeness (QED) is 0.788. The van der Waals surface area contributed by atoms with Gasteiger partial charge in [0.25, 0.3) is 5.91 Å². The van der Waals surface area contributed by atoms with Gasteiger partial charge in [-0.3, -0.25) is 9.69 Å². The van der Waals surface area contributed by atoms with E-state index in [1.54, 1.807) is 19.1 Å². The summed E-state index contributed by atoms with van der Waals surface area (Å²) in [5.74, 6) is -1.72. The minimum Gasteiger partial charge on any atom is -0.463 e. The number of nitrogens with two attached hydrogens (primary N) is 1. The van der Waals surface area contributed by atoms with Gasteiger partial charge in [0.1, 0.15) is 10.9 Å². The third kappa shape index (κ3) is 2.98. The number of benzene rings is 2. The van der Waals surface area contributed by atoms with Crippen LogP contribution in [0.3, 0.4) is 0 Å². The Balaban J connectivity index is 1.99. The zero-order chi connectivity index (χ0) is 20.5. The normalized spacial score (nSPS) is 18.1. The van der Waals surface area contributed by atoms with Crippen molar-refractivity contribution in [2.75, 3.05) is 6.61 Å². The molecule has 0 radical (unpaired) electrons. The largest absolute Gasteiger partial charge is 0.463 e. The Morgan fingerprint density at radius 3 is 2.59 bits per heavy atom. The van der Waals surface area contributed by atoms with Crippen LogP contribution < -0.4 is 5.73 Å². The Morgan fingerprint density at radius 1 is 1.21 bits per heavy atom. The van der Waals surface area contributed by atoms with Gasteiger partial charge >= 0.3 is 5.97 Å². The number of rotatable bonds is 3. The molecule has 6 nitrogen and oxygen atoms in total. The van der Waals surface area contributed by atoms with Gasteiger partial charge in [-0.05, 0) is 24.6 Å². The molecule has 0 aromatic heterocycles. The van der Waals surface area contributed by atoms with Crippen LogP contribution in [0.4, 0.5) is 0 Å². The summed E-state index contributed by atoms with van der Waals surface area (Å²) in [4.78, 5) is 28.0. The summed E-state index contributed by atoms with van der Waals surface area (Å²) in [7, 11) is 0. The van der Waals surface area contributed by atoms with Crippen LogP contribution >= 0.6 is 11.8 Å². The molecule has 2 aromatic carbocycles. The molecule has 0 fully saturated rings. The fraction of sp³-hybridized carbons (Fsp3) is 0.136. The lowest BCUT2D eigenvalue weighted by Gasteiger charge is -2.38. The minimum atomic E-state index is -0.711. The van der Waals surface area contributed by atoms with Crippen LogP contribution in [0.5, 0.6) is 0 Å². The van der Waals surface area contributed by atoms with Crippen LogP contribution in [-0.2, 0) is 9.53 Å². The van der Waals surface area contributed by atoms with Gasteiger partial charge in [-0.25, -0.2) is 4.79 Å². The molecule has 0 saturated heterocycles. The van der Waals surface area contributed by atoms with Gasteiger partial charge in [-0.1, -0.05) is 54.2 Å². The number of carbonyl (C=O) groups is 2. The van der Waals surface area contributed by atoms with Crippen LogP contribution in [0.25, 0.3) is 0 Å². The van der Waals surface area contributed by atoms with Gasteiger partial charge in [-0.15, -0.1) is 0 Å². The molecule has 1 atom stereocenters. The van der Waals surface area contributed by atoms with E-state index in [4.69, 9.17) is 10.5 Å². The molecule has 2 heterocycles. The van der Waals surface area contributed by atoms with E-state index in [2.05, 4.69) is 6.07 Å². The first kappa shape index (κ1) is 18.8. The van der Waals surface area contributed by atoms with Crippen LogP contribution in [0.2, 0.25) is 0 Å². The molecule has 7 heteroatoms. The van der Waals surface area contributed by atoms with Crippen molar-refractivity contribution in [1.82, 2.24) is 4.90 Å². The van der Waals surface area contributed by atoms with Gasteiger partial charge in [0, 0.05) is 4.90 Å². The van der Waals surface area contributed by atoms with E-state index in [1.165, 1.54) is 16.7 Å². The standard InChI is InChI=1S/C22H17N3O3S/c1-2-28-22(27)18-17(13-8-4-3-5-9-13)15(12-23)21-25(19(18)24)20(26)14-10-6-7-11-16(14)29-21/h3-11,17H,2,24H2,1H3. The third-order valence-electron chi connectivity index (χ3n) is 4.80. The highest BCUT2D eigenvalue weighted by Crippen LogP contribution is 2.49. The lowest BCUT2D eigenvalue weighted by molar-refractivity contribution is -0.138. The molecule has 2 N–H and O–H groups in total. The Kier molecular flexibility index (Phi) is 4.87. The second-order valence-corrected chi connectivity index (χ2v) is 7.46. The second kappa shape index (κ2) is 7.49. The van der Waals surface area contributed by atoms with E-state index in [-0.39, 0.29) is 23.9 Å². The smallest absolute Gasteiger partial charge is 0.338 e. The van der Waals surface area contributed by atoms with Crippen molar-refractivity contribution in [1.29, 1.82) is 5.26 Å². The number of ether oxygens (including phenoxy) is 1. The van der Waals surface area contributed by atoms with E-state index in [0.717, 1.165) is 10.5 Å². The Morgan fingerprint density at radius 2 is 1.90 bits per heavy atom. The van der Waals surface area contributed by atoms with E-state index >= 15 is 0 Å². The average molecular weight is 403 g/mol. The molecule has 0 saturated carbocycles. The summed E-state index contributed by atoms with van der Waals surface area (Å²) in [6.45, 7) is 1.85. The topological polar surface area (TPSA) is 96.4 Å². The van der Waals surface area contributed by atoms with Crippen molar-refractivity contribution < 1.29 is 14.3 Å². The molecular formula is C22H17N3O3S. The number of hydrogen-bond donors (Lipinski definition) is 1. The maximum atomic E-state index is 13.2. The molecule has 0 bridgehead atoms. The average Bonchev–Trinajstić information content (AvgIpc) is 2.74. The Labute approximate surface area is 172 Å². The first-order valence-electron chi connectivity index (χ1n) is 9.05. The number of hydrogen-bond acceptors (Lipinski definition) is 6. The van der Waals surface area contributed by atoms with E-state index in [1.807, 2.05) is 42.5 Å². The molecule has 2 aromatic rings. The molecule has 29 heavy (non-hydrogen) atoms. The van der Waals surface area contributed by atoms with Crippen molar-refractivity contribution in [2.45, 2.75) is 17.7 Å². The molecule has 1 unspecified atom stereocenters. The molecular weight excluding hydrogens is 386 g/mol. The molecule has 2 aliphatic heterocycles. The van der Waals surface area contributed by atoms with Crippen molar-refractivity contribution >= 4 is 23.6 Å². The van der Waals surface area contributed by atoms with Gasteiger partial charge in [0.15, 0.2) is 0 Å².